The van der Waals surface area contributed by atoms with Crippen LogP contribution in [0.5, 0.6) is 11.5 Å². The number of methoxy groups -OCH3 is 1. The van der Waals surface area contributed by atoms with E-state index in [-0.39, 0.29) is 18.7 Å². The summed E-state index contributed by atoms with van der Waals surface area (Å²) in [4.78, 5) is 24.1. The van der Waals surface area contributed by atoms with Gasteiger partial charge in [-0.2, -0.15) is 0 Å². The molecule has 1 unspecified atom stereocenters. The lowest BCUT2D eigenvalue weighted by Gasteiger charge is -2.30. The van der Waals surface area contributed by atoms with Crippen LogP contribution in [0.2, 0.25) is 0 Å². The second-order valence-corrected chi connectivity index (χ2v) is 6.90. The molecule has 0 saturated heterocycles. The minimum Gasteiger partial charge on any atom is -0.497 e. The third-order valence-electron chi connectivity index (χ3n) is 4.75. The standard InChI is InChI=1S/C21H23NO5/c1-21(13-20(24)25,16-4-3-5-17(12-16)26-2)22-19(23)11-14-6-7-18-15(10-14)8-9-27-18/h3-7,10,12H,8-9,11,13H2,1-2H3,(H,22,23)(H,24,25). The zero-order valence-corrected chi connectivity index (χ0v) is 15.5. The molecule has 0 fully saturated rings. The lowest BCUT2D eigenvalue weighted by atomic mass is 9.88. The van der Waals surface area contributed by atoms with Crippen LogP contribution in [0, 0.1) is 0 Å². The van der Waals surface area contributed by atoms with Gasteiger partial charge in [0.25, 0.3) is 0 Å². The molecule has 1 heterocycles. The summed E-state index contributed by atoms with van der Waals surface area (Å²) < 4.78 is 10.7. The van der Waals surface area contributed by atoms with E-state index in [1.165, 1.54) is 0 Å². The number of hydrogen-bond donors (Lipinski definition) is 2. The molecule has 0 saturated carbocycles. The van der Waals surface area contributed by atoms with Gasteiger partial charge in [0.1, 0.15) is 11.5 Å². The molecule has 0 spiro atoms. The number of carbonyl (C=O) groups is 2. The van der Waals surface area contributed by atoms with Gasteiger partial charge in [-0.25, -0.2) is 0 Å². The molecule has 27 heavy (non-hydrogen) atoms. The second kappa shape index (κ2) is 7.70. The summed E-state index contributed by atoms with van der Waals surface area (Å²) in [5.74, 6) is 0.249. The summed E-state index contributed by atoms with van der Waals surface area (Å²) in [6, 6.07) is 12.8. The maximum Gasteiger partial charge on any atom is 0.306 e. The number of benzene rings is 2. The first kappa shape index (κ1) is 18.8. The third kappa shape index (κ3) is 4.39. The SMILES string of the molecule is COc1cccc(C(C)(CC(=O)O)NC(=O)Cc2ccc3c(c2)CCO3)c1. The Labute approximate surface area is 158 Å². The van der Waals surface area contributed by atoms with Crippen molar-refractivity contribution in [3.63, 3.8) is 0 Å². The topological polar surface area (TPSA) is 84.9 Å². The Morgan fingerprint density at radius 2 is 2.07 bits per heavy atom. The van der Waals surface area contributed by atoms with E-state index in [0.29, 0.717) is 17.9 Å². The molecule has 142 valence electrons. The van der Waals surface area contributed by atoms with Crippen LogP contribution in [0.1, 0.15) is 30.0 Å². The highest BCUT2D eigenvalue weighted by Gasteiger charge is 2.32. The fraction of sp³-hybridized carbons (Fsp3) is 0.333. The number of amides is 1. The van der Waals surface area contributed by atoms with Gasteiger partial charge in [-0.3, -0.25) is 9.59 Å². The van der Waals surface area contributed by atoms with Crippen LogP contribution in [0.3, 0.4) is 0 Å². The molecule has 0 aliphatic carbocycles. The van der Waals surface area contributed by atoms with Gasteiger partial charge >= 0.3 is 5.97 Å². The number of aliphatic carboxylic acids is 1. The quantitative estimate of drug-likeness (QED) is 0.784. The molecule has 0 bridgehead atoms. The van der Waals surface area contributed by atoms with Crippen LogP contribution in [0.15, 0.2) is 42.5 Å². The molecule has 2 N–H and O–H groups in total. The van der Waals surface area contributed by atoms with Crippen molar-refractivity contribution in [2.75, 3.05) is 13.7 Å². The molecule has 0 aromatic heterocycles. The Balaban J connectivity index is 1.79. The molecule has 6 nitrogen and oxygen atoms in total. The molecule has 6 heteroatoms. The van der Waals surface area contributed by atoms with Crippen molar-refractivity contribution in [2.45, 2.75) is 31.7 Å². The fourth-order valence-corrected chi connectivity index (χ4v) is 3.37. The van der Waals surface area contributed by atoms with E-state index in [0.717, 1.165) is 23.3 Å². The number of rotatable bonds is 7. The van der Waals surface area contributed by atoms with Crippen LogP contribution in [-0.2, 0) is 28.0 Å². The van der Waals surface area contributed by atoms with E-state index in [4.69, 9.17) is 9.47 Å². The van der Waals surface area contributed by atoms with Crippen molar-refractivity contribution in [3.8, 4) is 11.5 Å². The van der Waals surface area contributed by atoms with Crippen molar-refractivity contribution >= 4 is 11.9 Å². The number of fused-ring (bicyclic) bond motifs is 1. The van der Waals surface area contributed by atoms with Crippen molar-refractivity contribution in [2.24, 2.45) is 0 Å². The molecule has 1 amide bonds. The van der Waals surface area contributed by atoms with Crippen molar-refractivity contribution in [1.82, 2.24) is 5.32 Å². The third-order valence-corrected chi connectivity index (χ3v) is 4.75. The van der Waals surface area contributed by atoms with Crippen molar-refractivity contribution < 1.29 is 24.2 Å². The first-order chi connectivity index (χ1) is 12.9. The predicted octanol–water partition coefficient (Wildman–Crippen LogP) is 2.68. The first-order valence-electron chi connectivity index (χ1n) is 8.81. The Hall–Kier alpha value is -3.02. The van der Waals surface area contributed by atoms with Gasteiger partial charge in [-0.05, 0) is 41.8 Å². The number of hydrogen-bond acceptors (Lipinski definition) is 4. The van der Waals surface area contributed by atoms with Crippen LogP contribution >= 0.6 is 0 Å². The van der Waals surface area contributed by atoms with Crippen LogP contribution in [-0.4, -0.2) is 30.7 Å². The summed E-state index contributed by atoms with van der Waals surface area (Å²) >= 11 is 0. The highest BCUT2D eigenvalue weighted by molar-refractivity contribution is 5.81. The van der Waals surface area contributed by atoms with E-state index in [1.807, 2.05) is 18.2 Å². The van der Waals surface area contributed by atoms with E-state index < -0.39 is 11.5 Å². The average molecular weight is 369 g/mol. The minimum absolute atomic E-state index is 0.173. The molecule has 3 rings (SSSR count). The Morgan fingerprint density at radius 3 is 2.81 bits per heavy atom. The fourth-order valence-electron chi connectivity index (χ4n) is 3.37. The van der Waals surface area contributed by atoms with Gasteiger partial charge in [0, 0.05) is 6.42 Å². The molecule has 2 aromatic rings. The summed E-state index contributed by atoms with van der Waals surface area (Å²) in [7, 11) is 1.55. The Kier molecular flexibility index (Phi) is 5.35. The molecule has 0 radical (unpaired) electrons. The number of ether oxygens (including phenoxy) is 2. The normalized spacial score (nSPS) is 14.6. The summed E-state index contributed by atoms with van der Waals surface area (Å²) in [6.07, 6.45) is 0.779. The van der Waals surface area contributed by atoms with Gasteiger partial charge in [0.05, 0.1) is 32.1 Å². The van der Waals surface area contributed by atoms with Crippen LogP contribution in [0.4, 0.5) is 0 Å². The smallest absolute Gasteiger partial charge is 0.306 e. The Morgan fingerprint density at radius 1 is 1.26 bits per heavy atom. The number of carboxylic acid groups (broad SMARTS) is 1. The largest absolute Gasteiger partial charge is 0.497 e. The summed E-state index contributed by atoms with van der Waals surface area (Å²) in [5.41, 5.74) is 1.61. The van der Waals surface area contributed by atoms with Gasteiger partial charge in [0.15, 0.2) is 0 Å². The zero-order chi connectivity index (χ0) is 19.4. The van der Waals surface area contributed by atoms with Crippen molar-refractivity contribution in [1.29, 1.82) is 0 Å². The number of carbonyl (C=O) groups excluding carboxylic acids is 1. The average Bonchev–Trinajstić information content (AvgIpc) is 3.08. The summed E-state index contributed by atoms with van der Waals surface area (Å²) in [6.45, 7) is 2.38. The molecule has 1 atom stereocenters. The van der Waals surface area contributed by atoms with Crippen LogP contribution < -0.4 is 14.8 Å². The van der Waals surface area contributed by atoms with E-state index in [2.05, 4.69) is 5.32 Å². The lowest BCUT2D eigenvalue weighted by molar-refractivity contribution is -0.139. The highest BCUT2D eigenvalue weighted by atomic mass is 16.5. The molecule has 1 aliphatic heterocycles. The maximum atomic E-state index is 12.7. The lowest BCUT2D eigenvalue weighted by Crippen LogP contribution is -2.45. The van der Waals surface area contributed by atoms with E-state index in [9.17, 15) is 14.7 Å². The van der Waals surface area contributed by atoms with Crippen LogP contribution in [0.25, 0.3) is 0 Å². The van der Waals surface area contributed by atoms with Crippen molar-refractivity contribution in [3.05, 3.63) is 59.2 Å². The minimum atomic E-state index is -1.04. The zero-order valence-electron chi connectivity index (χ0n) is 15.5. The first-order valence-corrected chi connectivity index (χ1v) is 8.81. The molecule has 1 aliphatic rings. The van der Waals surface area contributed by atoms with Gasteiger partial charge in [-0.1, -0.05) is 24.3 Å². The predicted molar refractivity (Wildman–Crippen MR) is 100 cm³/mol. The van der Waals surface area contributed by atoms with Gasteiger partial charge in [0.2, 0.25) is 5.91 Å². The molecular formula is C21H23NO5. The van der Waals surface area contributed by atoms with Gasteiger partial charge in [-0.15, -0.1) is 0 Å². The molecule has 2 aromatic carbocycles. The summed E-state index contributed by atoms with van der Waals surface area (Å²) in [5, 5.41) is 12.3. The second-order valence-electron chi connectivity index (χ2n) is 6.90. The van der Waals surface area contributed by atoms with E-state index in [1.54, 1.807) is 38.3 Å². The Bertz CT molecular complexity index is 863. The maximum absolute atomic E-state index is 12.7. The number of carboxylic acids is 1. The van der Waals surface area contributed by atoms with E-state index >= 15 is 0 Å². The number of nitrogens with one attached hydrogen (secondary N) is 1. The molecular weight excluding hydrogens is 346 g/mol. The highest BCUT2D eigenvalue weighted by Crippen LogP contribution is 2.29. The monoisotopic (exact) mass is 369 g/mol. The van der Waals surface area contributed by atoms with Gasteiger partial charge < -0.3 is 19.9 Å².